The van der Waals surface area contributed by atoms with Crippen LogP contribution in [0.3, 0.4) is 0 Å². The van der Waals surface area contributed by atoms with Crippen LogP contribution in [0.25, 0.3) is 0 Å². The van der Waals surface area contributed by atoms with Gasteiger partial charge in [0, 0.05) is 0 Å². The zero-order chi connectivity index (χ0) is 26.7. The van der Waals surface area contributed by atoms with Crippen molar-refractivity contribution in [2.75, 3.05) is 6.61 Å². The number of rotatable bonds is 6. The molecule has 5 aliphatic rings. The molecule has 4 fully saturated rings. The Kier molecular flexibility index (Phi) is 6.51. The molecule has 198 valence electrons. The number of aliphatic hydroxyl groups excluding tert-OH is 4. The fourth-order valence-corrected chi connectivity index (χ4v) is 4.95. The molecular formula is C17H25N3O15. The molecule has 1 spiro atoms. The average Bonchev–Trinajstić information content (AvgIpc) is 2.71. The molecule has 5 rings (SSSR count). The molecule has 18 heteroatoms. The molecule has 0 radical (unpaired) electrons. The van der Waals surface area contributed by atoms with Crippen LogP contribution in [0.15, 0.2) is 4.99 Å². The Hall–Kier alpha value is -2.68. The van der Waals surface area contributed by atoms with Crippen LogP contribution in [0, 0.1) is 5.92 Å². The summed E-state index contributed by atoms with van der Waals surface area (Å²) in [7, 11) is 0. The normalized spacial score (nSPS) is 43.2. The zero-order valence-corrected chi connectivity index (χ0v) is 17.6. The van der Waals surface area contributed by atoms with Gasteiger partial charge in [-0.3, -0.25) is 9.59 Å². The largest absolute Gasteiger partial charge is 0.481 e. The maximum Gasteiger partial charge on any atom is 0.336 e. The van der Waals surface area contributed by atoms with Gasteiger partial charge in [0.2, 0.25) is 0 Å². The molecule has 0 amide bonds. The van der Waals surface area contributed by atoms with E-state index in [1.54, 1.807) is 0 Å². The second-order valence-corrected chi connectivity index (χ2v) is 8.69. The van der Waals surface area contributed by atoms with Crippen LogP contribution in [-0.2, 0) is 23.9 Å². The van der Waals surface area contributed by atoms with Gasteiger partial charge in [-0.25, -0.2) is 9.79 Å². The van der Waals surface area contributed by atoms with Crippen molar-refractivity contribution < 1.29 is 74.9 Å². The van der Waals surface area contributed by atoms with Crippen molar-refractivity contribution in [2.45, 2.75) is 66.2 Å². The molecule has 4 bridgehead atoms. The molecular weight excluding hydrogens is 486 g/mol. The first-order valence-electron chi connectivity index (χ1n) is 9.94. The molecule has 0 aromatic rings. The van der Waals surface area contributed by atoms with Gasteiger partial charge in [0.25, 0.3) is 0 Å². The molecule has 3 saturated heterocycles. The predicted molar refractivity (Wildman–Crippen MR) is 103 cm³/mol. The molecule has 13 N–H and O–H groups in total. The lowest BCUT2D eigenvalue weighted by Gasteiger charge is -2.71. The van der Waals surface area contributed by atoms with E-state index >= 15 is 0 Å². The first-order valence-corrected chi connectivity index (χ1v) is 9.94. The molecule has 0 aromatic heterocycles. The number of nitrogens with zero attached hydrogens (tertiary/aromatic N) is 1. The monoisotopic (exact) mass is 511 g/mol. The van der Waals surface area contributed by atoms with Gasteiger partial charge in [0.05, 0.1) is 25.4 Å². The van der Waals surface area contributed by atoms with Crippen LogP contribution in [-0.4, -0.2) is 135 Å². The topological polar surface area (TPSA) is 322 Å². The van der Waals surface area contributed by atoms with E-state index in [1.165, 1.54) is 0 Å². The Balaban J connectivity index is 0.000000228. The molecule has 1 saturated carbocycles. The summed E-state index contributed by atoms with van der Waals surface area (Å²) < 4.78 is 10.3. The van der Waals surface area contributed by atoms with E-state index in [2.05, 4.69) is 10.3 Å². The van der Waals surface area contributed by atoms with Crippen molar-refractivity contribution in [1.29, 1.82) is 0 Å². The Labute approximate surface area is 194 Å². The van der Waals surface area contributed by atoms with Gasteiger partial charge < -0.3 is 71.6 Å². The number of aliphatic carboxylic acids is 3. The Bertz CT molecular complexity index is 930. The number of carbonyl (C=O) groups is 3. The van der Waals surface area contributed by atoms with E-state index in [4.69, 9.17) is 35.6 Å². The molecule has 0 aromatic carbocycles. The van der Waals surface area contributed by atoms with Gasteiger partial charge in [-0.2, -0.15) is 0 Å². The summed E-state index contributed by atoms with van der Waals surface area (Å²) in [5, 5.41) is 98.1. The number of ether oxygens (including phenoxy) is 2. The van der Waals surface area contributed by atoms with Crippen molar-refractivity contribution in [3.63, 3.8) is 0 Å². The molecule has 4 heterocycles. The smallest absolute Gasteiger partial charge is 0.336 e. The van der Waals surface area contributed by atoms with Crippen LogP contribution < -0.4 is 11.1 Å². The van der Waals surface area contributed by atoms with E-state index in [1.807, 2.05) is 0 Å². The summed E-state index contributed by atoms with van der Waals surface area (Å²) in [5.74, 6) is -8.96. The highest BCUT2D eigenvalue weighted by molar-refractivity contribution is 5.88. The van der Waals surface area contributed by atoms with Gasteiger partial charge >= 0.3 is 23.9 Å². The van der Waals surface area contributed by atoms with E-state index in [9.17, 15) is 45.0 Å². The quantitative estimate of drug-likeness (QED) is 0.157. The van der Waals surface area contributed by atoms with Crippen molar-refractivity contribution >= 4 is 23.9 Å². The van der Waals surface area contributed by atoms with Gasteiger partial charge in [-0.1, -0.05) is 0 Å². The lowest BCUT2D eigenvalue weighted by molar-refractivity contribution is -0.548. The second kappa shape index (κ2) is 8.47. The Morgan fingerprint density at radius 1 is 1.03 bits per heavy atom. The van der Waals surface area contributed by atoms with E-state index in [0.717, 1.165) is 0 Å². The molecule has 4 unspecified atom stereocenters. The summed E-state index contributed by atoms with van der Waals surface area (Å²) in [6, 6.07) is 0. The van der Waals surface area contributed by atoms with Gasteiger partial charge in [0.1, 0.15) is 29.5 Å². The highest BCUT2D eigenvalue weighted by atomic mass is 16.9. The number of guanidine groups is 1. The summed E-state index contributed by atoms with van der Waals surface area (Å²) in [6.45, 7) is -0.857. The summed E-state index contributed by atoms with van der Waals surface area (Å²) in [4.78, 5) is 34.2. The highest BCUT2D eigenvalue weighted by Gasteiger charge is 2.83. The van der Waals surface area contributed by atoms with Gasteiger partial charge in [-0.15, -0.1) is 0 Å². The second-order valence-electron chi connectivity index (χ2n) is 8.69. The Morgan fingerprint density at radius 2 is 1.54 bits per heavy atom. The van der Waals surface area contributed by atoms with Crippen molar-refractivity contribution in [2.24, 2.45) is 16.6 Å². The average molecular weight is 511 g/mol. The standard InChI is InChI=1S/C11H17N3O8.C6H8O7/c12-8-13-6(17)2-4-9(19,1-15)5-3(16)10(2,14-8)7(18)11(20,21-4)22-5;7-3(8)1-6(13,5(11)12)2-4(9)10/h2-7,15-20H,1H2,(H3,12,13,14);13H,1-2H2,(H,7,8)(H,9,10)(H,11,12)/t2-,3?,4?,5+,6+,7-,9?,10?,11-;/m0./s1. The van der Waals surface area contributed by atoms with E-state index in [0.29, 0.717) is 0 Å². The third-order valence-corrected chi connectivity index (χ3v) is 6.50. The Morgan fingerprint density at radius 3 is 2.00 bits per heavy atom. The molecule has 18 nitrogen and oxygen atoms in total. The summed E-state index contributed by atoms with van der Waals surface area (Å²) in [5.41, 5.74) is -1.00. The summed E-state index contributed by atoms with van der Waals surface area (Å²) in [6.07, 6.45) is -10.1. The molecule has 1 aliphatic carbocycles. The first kappa shape index (κ1) is 26.9. The van der Waals surface area contributed by atoms with Crippen LogP contribution >= 0.6 is 0 Å². The van der Waals surface area contributed by atoms with Crippen molar-refractivity contribution in [1.82, 2.24) is 5.32 Å². The molecule has 9 atom stereocenters. The highest BCUT2D eigenvalue weighted by Crippen LogP contribution is 2.58. The lowest BCUT2D eigenvalue weighted by atomic mass is 9.55. The maximum absolute atomic E-state index is 10.6. The number of hydrogen-bond donors (Lipinski definition) is 12. The van der Waals surface area contributed by atoms with Crippen LogP contribution in [0.4, 0.5) is 0 Å². The maximum atomic E-state index is 10.6. The van der Waals surface area contributed by atoms with Crippen LogP contribution in [0.2, 0.25) is 0 Å². The van der Waals surface area contributed by atoms with E-state index < -0.39 is 96.6 Å². The van der Waals surface area contributed by atoms with Gasteiger partial charge in [-0.05, 0) is 0 Å². The number of nitrogens with two attached hydrogens (primary N) is 1. The third kappa shape index (κ3) is 3.88. The van der Waals surface area contributed by atoms with Crippen molar-refractivity contribution in [3.05, 3.63) is 0 Å². The third-order valence-electron chi connectivity index (χ3n) is 6.50. The minimum absolute atomic E-state index is 0.250. The van der Waals surface area contributed by atoms with E-state index in [-0.39, 0.29) is 5.96 Å². The molecule has 4 aliphatic heterocycles. The SMILES string of the molecule is NC1=N[C@H](O)[C@@H]2C3O[C@]4(O)O[C@H](C(O)C2(N1)[C@@H]4O)C3(O)CO.O=C(O)CC(O)(CC(=O)O)C(=O)O. The van der Waals surface area contributed by atoms with Gasteiger partial charge in [0.15, 0.2) is 23.9 Å². The molecule has 35 heavy (non-hydrogen) atoms. The number of carboxylic acid groups (broad SMARTS) is 3. The zero-order valence-electron chi connectivity index (χ0n) is 17.6. The number of aliphatic imine (C=N–C) groups is 1. The number of nitrogens with one attached hydrogen (secondary N) is 1. The van der Waals surface area contributed by atoms with Crippen molar-refractivity contribution in [3.8, 4) is 0 Å². The lowest BCUT2D eigenvalue weighted by Crippen LogP contribution is -2.95. The number of aliphatic hydroxyl groups is 7. The number of hydrogen-bond acceptors (Lipinski definition) is 15. The van der Waals surface area contributed by atoms with Crippen LogP contribution in [0.1, 0.15) is 12.8 Å². The number of carboxylic acids is 3. The fourth-order valence-electron chi connectivity index (χ4n) is 4.95. The first-order chi connectivity index (χ1) is 16.0. The fraction of sp³-hybridized carbons (Fsp3) is 0.765. The minimum Gasteiger partial charge on any atom is -0.481 e. The summed E-state index contributed by atoms with van der Waals surface area (Å²) >= 11 is 0. The minimum atomic E-state index is -2.74. The predicted octanol–water partition coefficient (Wildman–Crippen LogP) is -6.77. The van der Waals surface area contributed by atoms with Crippen LogP contribution in [0.5, 0.6) is 0 Å².